The lowest BCUT2D eigenvalue weighted by molar-refractivity contribution is -0.114. The van der Waals surface area contributed by atoms with E-state index in [4.69, 9.17) is 0 Å². The fourth-order valence-electron chi connectivity index (χ4n) is 1.59. The SMILES string of the molecule is CCCCCCCC(=O)/C=C/C(O)C=C(C)C. The van der Waals surface area contributed by atoms with Gasteiger partial charge in [-0.1, -0.05) is 44.3 Å². The fraction of sp³-hybridized carbons (Fsp3) is 0.667. The van der Waals surface area contributed by atoms with Crippen molar-refractivity contribution in [3.05, 3.63) is 23.8 Å². The number of unbranched alkanes of at least 4 members (excludes halogenated alkanes) is 4. The summed E-state index contributed by atoms with van der Waals surface area (Å²) in [6, 6.07) is 0. The van der Waals surface area contributed by atoms with Crippen LogP contribution in [-0.2, 0) is 4.79 Å². The van der Waals surface area contributed by atoms with Crippen LogP contribution in [0.25, 0.3) is 0 Å². The Kier molecular flexibility index (Phi) is 9.74. The molecule has 1 N–H and O–H groups in total. The van der Waals surface area contributed by atoms with Crippen molar-refractivity contribution >= 4 is 5.78 Å². The fourth-order valence-corrected chi connectivity index (χ4v) is 1.59. The van der Waals surface area contributed by atoms with Gasteiger partial charge >= 0.3 is 0 Å². The van der Waals surface area contributed by atoms with E-state index < -0.39 is 6.10 Å². The van der Waals surface area contributed by atoms with Gasteiger partial charge in [0.05, 0.1) is 6.10 Å². The standard InChI is InChI=1S/C15H26O2/c1-4-5-6-7-8-9-14(16)10-11-15(17)12-13(2)3/h10-12,15,17H,4-9H2,1-3H3/b11-10+. The van der Waals surface area contributed by atoms with Gasteiger partial charge in [0, 0.05) is 6.42 Å². The van der Waals surface area contributed by atoms with E-state index >= 15 is 0 Å². The molecule has 0 heterocycles. The average molecular weight is 238 g/mol. The van der Waals surface area contributed by atoms with Crippen molar-refractivity contribution in [2.45, 2.75) is 65.4 Å². The van der Waals surface area contributed by atoms with Crippen LogP contribution in [0.4, 0.5) is 0 Å². The first-order valence-corrected chi connectivity index (χ1v) is 6.60. The molecule has 0 radical (unpaired) electrons. The van der Waals surface area contributed by atoms with Gasteiger partial charge in [0.1, 0.15) is 0 Å². The lowest BCUT2D eigenvalue weighted by Crippen LogP contribution is -2.00. The van der Waals surface area contributed by atoms with Gasteiger partial charge in [-0.3, -0.25) is 4.79 Å². The number of aliphatic hydroxyl groups excluding tert-OH is 1. The first kappa shape index (κ1) is 16.1. The van der Waals surface area contributed by atoms with Crippen molar-refractivity contribution in [3.8, 4) is 0 Å². The molecule has 0 saturated heterocycles. The highest BCUT2D eigenvalue weighted by molar-refractivity contribution is 5.89. The Morgan fingerprint density at radius 2 is 1.82 bits per heavy atom. The molecule has 1 unspecified atom stereocenters. The zero-order chi connectivity index (χ0) is 13.1. The number of hydrogen-bond donors (Lipinski definition) is 1. The molecule has 0 spiro atoms. The van der Waals surface area contributed by atoms with Crippen molar-refractivity contribution in [1.29, 1.82) is 0 Å². The molecule has 0 aromatic carbocycles. The first-order valence-electron chi connectivity index (χ1n) is 6.60. The van der Waals surface area contributed by atoms with Gasteiger partial charge in [0.2, 0.25) is 0 Å². The third-order valence-electron chi connectivity index (χ3n) is 2.51. The minimum Gasteiger partial charge on any atom is -0.385 e. The highest BCUT2D eigenvalue weighted by Crippen LogP contribution is 2.06. The van der Waals surface area contributed by atoms with Crippen LogP contribution < -0.4 is 0 Å². The summed E-state index contributed by atoms with van der Waals surface area (Å²) < 4.78 is 0. The topological polar surface area (TPSA) is 37.3 Å². The Hall–Kier alpha value is -0.890. The van der Waals surface area contributed by atoms with Gasteiger partial charge in [0.15, 0.2) is 5.78 Å². The van der Waals surface area contributed by atoms with E-state index in [0.717, 1.165) is 18.4 Å². The molecular formula is C15H26O2. The van der Waals surface area contributed by atoms with Crippen LogP contribution in [0.15, 0.2) is 23.8 Å². The first-order chi connectivity index (χ1) is 8.06. The lowest BCUT2D eigenvalue weighted by Gasteiger charge is -2.00. The molecule has 0 bridgehead atoms. The molecule has 98 valence electrons. The molecular weight excluding hydrogens is 212 g/mol. The van der Waals surface area contributed by atoms with E-state index in [0.29, 0.717) is 6.42 Å². The van der Waals surface area contributed by atoms with Gasteiger partial charge < -0.3 is 5.11 Å². The molecule has 0 saturated carbocycles. The number of allylic oxidation sites excluding steroid dienone is 2. The van der Waals surface area contributed by atoms with Crippen molar-refractivity contribution < 1.29 is 9.90 Å². The zero-order valence-corrected chi connectivity index (χ0v) is 11.4. The van der Waals surface area contributed by atoms with Gasteiger partial charge in [-0.2, -0.15) is 0 Å². The summed E-state index contributed by atoms with van der Waals surface area (Å²) in [6.45, 7) is 6.03. The predicted molar refractivity (Wildman–Crippen MR) is 73.0 cm³/mol. The van der Waals surface area contributed by atoms with Crippen molar-refractivity contribution in [2.75, 3.05) is 0 Å². The summed E-state index contributed by atoms with van der Waals surface area (Å²) >= 11 is 0. The molecule has 0 rings (SSSR count). The summed E-state index contributed by atoms with van der Waals surface area (Å²) in [5, 5.41) is 9.49. The van der Waals surface area contributed by atoms with E-state index in [2.05, 4.69) is 6.92 Å². The highest BCUT2D eigenvalue weighted by atomic mass is 16.3. The number of aliphatic hydroxyl groups is 1. The van der Waals surface area contributed by atoms with E-state index in [9.17, 15) is 9.90 Å². The molecule has 0 aliphatic carbocycles. The van der Waals surface area contributed by atoms with E-state index in [-0.39, 0.29) is 5.78 Å². The summed E-state index contributed by atoms with van der Waals surface area (Å²) in [6.07, 6.45) is 10.5. The van der Waals surface area contributed by atoms with Gasteiger partial charge in [0.25, 0.3) is 0 Å². The van der Waals surface area contributed by atoms with Crippen LogP contribution in [0, 0.1) is 0 Å². The molecule has 0 aliphatic rings. The Labute approximate surface area is 105 Å². The van der Waals surface area contributed by atoms with Crippen molar-refractivity contribution in [2.24, 2.45) is 0 Å². The van der Waals surface area contributed by atoms with Crippen LogP contribution >= 0.6 is 0 Å². The number of hydrogen-bond acceptors (Lipinski definition) is 2. The van der Waals surface area contributed by atoms with Crippen molar-refractivity contribution in [3.63, 3.8) is 0 Å². The molecule has 0 fully saturated rings. The Morgan fingerprint density at radius 1 is 1.18 bits per heavy atom. The Bertz CT molecular complexity index is 260. The van der Waals surface area contributed by atoms with E-state index in [1.165, 1.54) is 25.3 Å². The third-order valence-corrected chi connectivity index (χ3v) is 2.51. The van der Waals surface area contributed by atoms with E-state index in [1.807, 2.05) is 13.8 Å². The second kappa shape index (κ2) is 10.3. The maximum Gasteiger partial charge on any atom is 0.155 e. The smallest absolute Gasteiger partial charge is 0.155 e. The molecule has 0 aliphatic heterocycles. The lowest BCUT2D eigenvalue weighted by atomic mass is 10.1. The van der Waals surface area contributed by atoms with Gasteiger partial charge in [-0.15, -0.1) is 0 Å². The quantitative estimate of drug-likeness (QED) is 0.377. The molecule has 2 heteroatoms. The third kappa shape index (κ3) is 11.4. The minimum absolute atomic E-state index is 0.114. The normalized spacial score (nSPS) is 12.7. The van der Waals surface area contributed by atoms with Crippen LogP contribution in [-0.4, -0.2) is 17.0 Å². The largest absolute Gasteiger partial charge is 0.385 e. The van der Waals surface area contributed by atoms with Gasteiger partial charge in [-0.05, 0) is 32.4 Å². The maximum absolute atomic E-state index is 11.4. The van der Waals surface area contributed by atoms with Crippen LogP contribution in [0.3, 0.4) is 0 Å². The molecule has 0 aromatic heterocycles. The summed E-state index contributed by atoms with van der Waals surface area (Å²) in [7, 11) is 0. The monoisotopic (exact) mass is 238 g/mol. The molecule has 17 heavy (non-hydrogen) atoms. The van der Waals surface area contributed by atoms with Gasteiger partial charge in [-0.25, -0.2) is 0 Å². The maximum atomic E-state index is 11.4. The number of carbonyl (C=O) groups excluding carboxylic acids is 1. The molecule has 0 amide bonds. The zero-order valence-electron chi connectivity index (χ0n) is 11.4. The highest BCUT2D eigenvalue weighted by Gasteiger charge is 1.98. The van der Waals surface area contributed by atoms with Crippen molar-refractivity contribution in [1.82, 2.24) is 0 Å². The van der Waals surface area contributed by atoms with Crippen LogP contribution in [0.2, 0.25) is 0 Å². The summed E-state index contributed by atoms with van der Waals surface area (Å²) in [4.78, 5) is 11.4. The summed E-state index contributed by atoms with van der Waals surface area (Å²) in [5.41, 5.74) is 1.05. The minimum atomic E-state index is -0.635. The number of ketones is 1. The molecule has 1 atom stereocenters. The second-order valence-corrected chi connectivity index (χ2v) is 4.72. The number of carbonyl (C=O) groups is 1. The Morgan fingerprint density at radius 3 is 2.41 bits per heavy atom. The Balaban J connectivity index is 3.71. The second-order valence-electron chi connectivity index (χ2n) is 4.72. The average Bonchev–Trinajstić information content (AvgIpc) is 2.25. The van der Waals surface area contributed by atoms with Crippen LogP contribution in [0.1, 0.15) is 59.3 Å². The number of rotatable bonds is 9. The summed E-state index contributed by atoms with van der Waals surface area (Å²) in [5.74, 6) is 0.114. The van der Waals surface area contributed by atoms with E-state index in [1.54, 1.807) is 12.2 Å². The molecule has 0 aromatic rings. The van der Waals surface area contributed by atoms with Crippen LogP contribution in [0.5, 0.6) is 0 Å². The molecule has 2 nitrogen and oxygen atoms in total. The predicted octanol–water partition coefficient (Wildman–Crippen LogP) is 3.80.